The second-order valence-corrected chi connectivity index (χ2v) is 6.76. The van der Waals surface area contributed by atoms with E-state index in [1.807, 2.05) is 49.4 Å². The highest BCUT2D eigenvalue weighted by atomic mass is 35.5. The molecular weight excluding hydrogens is 364 g/mol. The van der Waals surface area contributed by atoms with E-state index in [2.05, 4.69) is 5.32 Å². The summed E-state index contributed by atoms with van der Waals surface area (Å²) in [7, 11) is 1.57. The molecule has 0 saturated heterocycles. The van der Waals surface area contributed by atoms with Gasteiger partial charge in [0.05, 0.1) is 12.8 Å². The summed E-state index contributed by atoms with van der Waals surface area (Å²) in [5.74, 6) is 0.383. The van der Waals surface area contributed by atoms with Gasteiger partial charge >= 0.3 is 0 Å². The Bertz CT molecular complexity index is 791. The predicted molar refractivity (Wildman–Crippen MR) is 109 cm³/mol. The van der Waals surface area contributed by atoms with E-state index in [9.17, 15) is 9.59 Å². The Labute approximate surface area is 165 Å². The third-order valence-corrected chi connectivity index (χ3v) is 4.47. The number of methoxy groups -OCH3 is 1. The van der Waals surface area contributed by atoms with E-state index in [4.69, 9.17) is 16.3 Å². The van der Waals surface area contributed by atoms with E-state index in [0.717, 1.165) is 17.5 Å². The number of aryl methyl sites for hydroxylation is 1. The van der Waals surface area contributed by atoms with Crippen molar-refractivity contribution in [1.29, 1.82) is 0 Å². The molecule has 0 fully saturated rings. The molecule has 2 amide bonds. The zero-order chi connectivity index (χ0) is 19.8. The van der Waals surface area contributed by atoms with Gasteiger partial charge in [-0.25, -0.2) is 0 Å². The Kier molecular flexibility index (Phi) is 7.67. The van der Waals surface area contributed by atoms with Crippen LogP contribution >= 0.6 is 11.6 Å². The lowest BCUT2D eigenvalue weighted by Crippen LogP contribution is -2.34. The quantitative estimate of drug-likeness (QED) is 0.749. The molecule has 0 heterocycles. The lowest BCUT2D eigenvalue weighted by atomic mass is 10.1. The largest absolute Gasteiger partial charge is 0.495 e. The van der Waals surface area contributed by atoms with Crippen LogP contribution in [0.5, 0.6) is 5.75 Å². The molecule has 2 aromatic carbocycles. The van der Waals surface area contributed by atoms with Crippen LogP contribution in [0, 0.1) is 6.92 Å². The van der Waals surface area contributed by atoms with Gasteiger partial charge < -0.3 is 15.0 Å². The molecule has 0 aliphatic heterocycles. The number of nitrogens with zero attached hydrogens (tertiary/aromatic N) is 1. The summed E-state index contributed by atoms with van der Waals surface area (Å²) >= 11 is 5.86. The Hall–Kier alpha value is -2.53. The second-order valence-electron chi connectivity index (χ2n) is 6.32. The second kappa shape index (κ2) is 9.97. The van der Waals surface area contributed by atoms with Crippen LogP contribution in [0.3, 0.4) is 0 Å². The third-order valence-electron chi connectivity index (χ3n) is 4.22. The van der Waals surface area contributed by atoms with Gasteiger partial charge in [0.1, 0.15) is 5.75 Å². The van der Waals surface area contributed by atoms with Crippen LogP contribution in [0.2, 0.25) is 5.02 Å². The lowest BCUT2D eigenvalue weighted by Gasteiger charge is -2.23. The van der Waals surface area contributed by atoms with Crippen molar-refractivity contribution in [2.24, 2.45) is 0 Å². The first-order valence-electron chi connectivity index (χ1n) is 8.84. The maximum absolute atomic E-state index is 12.2. The van der Waals surface area contributed by atoms with Gasteiger partial charge in [0.15, 0.2) is 0 Å². The van der Waals surface area contributed by atoms with Gasteiger partial charge in [-0.1, -0.05) is 29.8 Å². The fourth-order valence-electron chi connectivity index (χ4n) is 2.76. The van der Waals surface area contributed by atoms with Gasteiger partial charge in [0, 0.05) is 31.5 Å². The number of anilines is 1. The Morgan fingerprint density at radius 3 is 2.48 bits per heavy atom. The van der Waals surface area contributed by atoms with E-state index in [0.29, 0.717) is 29.5 Å². The molecule has 0 unspecified atom stereocenters. The molecule has 5 nitrogen and oxygen atoms in total. The van der Waals surface area contributed by atoms with Gasteiger partial charge in [-0.3, -0.25) is 9.59 Å². The van der Waals surface area contributed by atoms with Crippen LogP contribution < -0.4 is 15.0 Å². The van der Waals surface area contributed by atoms with Crippen LogP contribution in [-0.4, -0.2) is 32.0 Å². The molecule has 1 N–H and O–H groups in total. The van der Waals surface area contributed by atoms with Crippen molar-refractivity contribution in [3.8, 4) is 5.75 Å². The average Bonchev–Trinajstić information content (AvgIpc) is 2.63. The predicted octanol–water partition coefficient (Wildman–Crippen LogP) is 3.76. The van der Waals surface area contributed by atoms with E-state index in [1.54, 1.807) is 12.0 Å². The van der Waals surface area contributed by atoms with Crippen molar-refractivity contribution in [1.82, 2.24) is 5.32 Å². The molecule has 0 aromatic heterocycles. The number of ether oxygens (including phenoxy) is 1. The normalized spacial score (nSPS) is 10.4. The zero-order valence-electron chi connectivity index (χ0n) is 15.9. The summed E-state index contributed by atoms with van der Waals surface area (Å²) in [5, 5.41) is 3.58. The van der Waals surface area contributed by atoms with Crippen molar-refractivity contribution >= 4 is 29.1 Å². The highest BCUT2D eigenvalue weighted by molar-refractivity contribution is 6.30. The average molecular weight is 389 g/mol. The standard InChI is InChI=1S/C21H25ClN2O3/c1-15-4-9-20(27-3)19(14-15)24(16(2)25)13-11-21(26)23-12-10-17-5-7-18(22)8-6-17/h4-9,14H,10-13H2,1-3H3,(H,23,26). The summed E-state index contributed by atoms with van der Waals surface area (Å²) in [6.45, 7) is 4.27. The van der Waals surface area contributed by atoms with Crippen LogP contribution in [0.25, 0.3) is 0 Å². The minimum absolute atomic E-state index is 0.0955. The number of carbonyl (C=O) groups excluding carboxylic acids is 2. The minimum atomic E-state index is -0.132. The molecule has 2 aromatic rings. The van der Waals surface area contributed by atoms with E-state index in [-0.39, 0.29) is 18.2 Å². The Morgan fingerprint density at radius 2 is 1.85 bits per heavy atom. The van der Waals surface area contributed by atoms with Gasteiger partial charge in [-0.2, -0.15) is 0 Å². The number of carbonyl (C=O) groups is 2. The summed E-state index contributed by atoms with van der Waals surface area (Å²) in [6.07, 6.45) is 0.947. The van der Waals surface area contributed by atoms with Crippen LogP contribution in [0.15, 0.2) is 42.5 Å². The molecular formula is C21H25ClN2O3. The molecule has 0 aliphatic carbocycles. The number of amides is 2. The minimum Gasteiger partial charge on any atom is -0.495 e. The highest BCUT2D eigenvalue weighted by Gasteiger charge is 2.17. The molecule has 0 atom stereocenters. The molecule has 0 spiro atoms. The summed E-state index contributed by atoms with van der Waals surface area (Å²) in [5.41, 5.74) is 2.80. The maximum atomic E-state index is 12.2. The zero-order valence-corrected chi connectivity index (χ0v) is 16.7. The van der Waals surface area contributed by atoms with Crippen molar-refractivity contribution in [2.75, 3.05) is 25.1 Å². The molecule has 6 heteroatoms. The molecule has 144 valence electrons. The Morgan fingerprint density at radius 1 is 1.15 bits per heavy atom. The van der Waals surface area contributed by atoms with E-state index < -0.39 is 0 Å². The number of hydrogen-bond donors (Lipinski definition) is 1. The van der Waals surface area contributed by atoms with Gasteiger partial charge in [0.25, 0.3) is 0 Å². The topological polar surface area (TPSA) is 58.6 Å². The van der Waals surface area contributed by atoms with Crippen molar-refractivity contribution in [3.05, 3.63) is 58.6 Å². The molecule has 27 heavy (non-hydrogen) atoms. The van der Waals surface area contributed by atoms with Crippen LogP contribution in [0.4, 0.5) is 5.69 Å². The Balaban J connectivity index is 1.90. The first kappa shape index (κ1) is 20.8. The van der Waals surface area contributed by atoms with Crippen LogP contribution in [-0.2, 0) is 16.0 Å². The lowest BCUT2D eigenvalue weighted by molar-refractivity contribution is -0.121. The van der Waals surface area contributed by atoms with Crippen LogP contribution in [0.1, 0.15) is 24.5 Å². The number of rotatable bonds is 8. The first-order chi connectivity index (χ1) is 12.9. The van der Waals surface area contributed by atoms with Crippen molar-refractivity contribution in [3.63, 3.8) is 0 Å². The molecule has 0 radical (unpaired) electrons. The summed E-state index contributed by atoms with van der Waals surface area (Å²) in [4.78, 5) is 25.8. The summed E-state index contributed by atoms with van der Waals surface area (Å²) in [6, 6.07) is 13.2. The molecule has 0 bridgehead atoms. The van der Waals surface area contributed by atoms with Crippen molar-refractivity contribution < 1.29 is 14.3 Å². The highest BCUT2D eigenvalue weighted by Crippen LogP contribution is 2.29. The first-order valence-corrected chi connectivity index (χ1v) is 9.22. The smallest absolute Gasteiger partial charge is 0.223 e. The molecule has 0 aliphatic rings. The molecule has 0 saturated carbocycles. The van der Waals surface area contributed by atoms with Gasteiger partial charge in [0.2, 0.25) is 11.8 Å². The summed E-state index contributed by atoms with van der Waals surface area (Å²) < 4.78 is 5.36. The SMILES string of the molecule is COc1ccc(C)cc1N(CCC(=O)NCCc1ccc(Cl)cc1)C(C)=O. The monoisotopic (exact) mass is 388 g/mol. The maximum Gasteiger partial charge on any atom is 0.223 e. The fraction of sp³-hybridized carbons (Fsp3) is 0.333. The number of halogens is 1. The number of nitrogens with one attached hydrogen (secondary N) is 1. The third kappa shape index (κ3) is 6.29. The van der Waals surface area contributed by atoms with E-state index >= 15 is 0 Å². The van der Waals surface area contributed by atoms with E-state index in [1.165, 1.54) is 6.92 Å². The van der Waals surface area contributed by atoms with Crippen molar-refractivity contribution in [2.45, 2.75) is 26.7 Å². The fourth-order valence-corrected chi connectivity index (χ4v) is 2.88. The van der Waals surface area contributed by atoms with Gasteiger partial charge in [-0.15, -0.1) is 0 Å². The van der Waals surface area contributed by atoms with Gasteiger partial charge in [-0.05, 0) is 48.7 Å². The number of benzene rings is 2. The molecule has 2 rings (SSSR count). The number of hydrogen-bond acceptors (Lipinski definition) is 3.